The summed E-state index contributed by atoms with van der Waals surface area (Å²) in [5.74, 6) is 0.451. The first kappa shape index (κ1) is 12.5. The summed E-state index contributed by atoms with van der Waals surface area (Å²) in [5.41, 5.74) is 6.77. The number of nitrogens with zero attached hydrogens (tertiary/aromatic N) is 1. The van der Waals surface area contributed by atoms with Gasteiger partial charge in [0.15, 0.2) is 0 Å². The van der Waals surface area contributed by atoms with E-state index < -0.39 is 0 Å². The van der Waals surface area contributed by atoms with Crippen LogP contribution in [-0.2, 0) is 4.79 Å². The lowest BCUT2D eigenvalue weighted by molar-refractivity contribution is -0.124. The number of carbonyl (C=O) groups is 1. The summed E-state index contributed by atoms with van der Waals surface area (Å²) in [6.07, 6.45) is 2.27. The second kappa shape index (κ2) is 5.21. The van der Waals surface area contributed by atoms with Gasteiger partial charge in [-0.2, -0.15) is 0 Å². The summed E-state index contributed by atoms with van der Waals surface area (Å²) in [5, 5.41) is 3.38. The molecule has 2 saturated heterocycles. The topological polar surface area (TPSA) is 58.4 Å². The first-order valence-electron chi connectivity index (χ1n) is 7.09. The fourth-order valence-electron chi connectivity index (χ4n) is 3.44. The molecule has 4 nitrogen and oxygen atoms in total. The number of hydrogen-bond acceptors (Lipinski definition) is 3. The van der Waals surface area contributed by atoms with Crippen LogP contribution in [0, 0.1) is 11.8 Å². The highest BCUT2D eigenvalue weighted by atomic mass is 16.1. The minimum absolute atomic E-state index is 0.0170. The second-order valence-electron chi connectivity index (χ2n) is 5.57. The highest BCUT2D eigenvalue weighted by molar-refractivity contribution is 5.81. The Morgan fingerprint density at radius 3 is 2.53 bits per heavy atom. The van der Waals surface area contributed by atoms with Gasteiger partial charge in [-0.05, 0) is 44.0 Å². The second-order valence-corrected chi connectivity index (χ2v) is 5.57. The van der Waals surface area contributed by atoms with Crippen molar-refractivity contribution in [3.05, 3.63) is 30.3 Å². The smallest absolute Gasteiger partial charge is 0.224 e. The van der Waals surface area contributed by atoms with Crippen molar-refractivity contribution in [2.24, 2.45) is 17.6 Å². The molecule has 0 bridgehead atoms. The van der Waals surface area contributed by atoms with Crippen LogP contribution in [0.15, 0.2) is 30.3 Å². The number of benzene rings is 1. The van der Waals surface area contributed by atoms with Gasteiger partial charge in [-0.1, -0.05) is 18.2 Å². The Labute approximate surface area is 114 Å². The summed E-state index contributed by atoms with van der Waals surface area (Å²) in [7, 11) is 0. The van der Waals surface area contributed by atoms with Gasteiger partial charge in [0.25, 0.3) is 0 Å². The number of nitrogens with two attached hydrogens (primary N) is 1. The molecule has 0 radical (unpaired) electrons. The Kier molecular flexibility index (Phi) is 3.42. The molecule has 102 valence electrons. The number of amides is 1. The molecule has 19 heavy (non-hydrogen) atoms. The number of nitrogens with one attached hydrogen (secondary N) is 1. The fraction of sp³-hybridized carbons (Fsp3) is 0.533. The molecule has 1 aromatic carbocycles. The number of carbonyl (C=O) groups excluding carboxylic acids is 1. The van der Waals surface area contributed by atoms with E-state index in [2.05, 4.69) is 22.3 Å². The summed E-state index contributed by atoms with van der Waals surface area (Å²) in [6.45, 7) is 2.87. The Bertz CT molecular complexity index is 442. The molecular formula is C15H21N3O. The summed E-state index contributed by atoms with van der Waals surface area (Å²) >= 11 is 0. The maximum atomic E-state index is 11.6. The third kappa shape index (κ3) is 2.32. The fourth-order valence-corrected chi connectivity index (χ4v) is 3.44. The standard InChI is InChI=1S/C15H21N3O/c16-15(19)13-10-18(12-4-2-1-3-5-12)14(13)11-6-8-17-9-7-11/h1-5,11,13-14,17H,6-10H2,(H2,16,19). The zero-order valence-electron chi connectivity index (χ0n) is 11.1. The van der Waals surface area contributed by atoms with Crippen LogP contribution >= 0.6 is 0 Å². The van der Waals surface area contributed by atoms with Crippen LogP contribution in [0.2, 0.25) is 0 Å². The maximum absolute atomic E-state index is 11.6. The van der Waals surface area contributed by atoms with Crippen molar-refractivity contribution < 1.29 is 4.79 Å². The number of anilines is 1. The van der Waals surface area contributed by atoms with Gasteiger partial charge in [0.1, 0.15) is 0 Å². The van der Waals surface area contributed by atoms with E-state index in [0.29, 0.717) is 12.0 Å². The van der Waals surface area contributed by atoms with Gasteiger partial charge in [-0.15, -0.1) is 0 Å². The molecule has 2 atom stereocenters. The van der Waals surface area contributed by atoms with E-state index in [0.717, 1.165) is 32.5 Å². The minimum atomic E-state index is -0.143. The number of rotatable bonds is 3. The van der Waals surface area contributed by atoms with E-state index in [1.807, 2.05) is 18.2 Å². The molecule has 0 aromatic heterocycles. The van der Waals surface area contributed by atoms with Crippen LogP contribution in [-0.4, -0.2) is 31.6 Å². The Balaban J connectivity index is 1.79. The molecule has 2 aliphatic rings. The molecule has 3 N–H and O–H groups in total. The van der Waals surface area contributed by atoms with Gasteiger partial charge >= 0.3 is 0 Å². The van der Waals surface area contributed by atoms with Gasteiger partial charge in [-0.3, -0.25) is 4.79 Å². The van der Waals surface area contributed by atoms with Crippen molar-refractivity contribution in [3.8, 4) is 0 Å². The first-order chi connectivity index (χ1) is 9.27. The van der Waals surface area contributed by atoms with E-state index in [9.17, 15) is 4.79 Å². The average Bonchev–Trinajstić information content (AvgIpc) is 2.39. The predicted octanol–water partition coefficient (Wildman–Crippen LogP) is 0.976. The van der Waals surface area contributed by atoms with Crippen LogP contribution < -0.4 is 16.0 Å². The number of primary amides is 1. The SMILES string of the molecule is NC(=O)C1CN(c2ccccc2)C1C1CCNCC1. The number of hydrogen-bond donors (Lipinski definition) is 2. The van der Waals surface area contributed by atoms with E-state index >= 15 is 0 Å². The van der Waals surface area contributed by atoms with Crippen LogP contribution in [0.5, 0.6) is 0 Å². The normalized spacial score (nSPS) is 27.9. The summed E-state index contributed by atoms with van der Waals surface area (Å²) in [4.78, 5) is 13.9. The Morgan fingerprint density at radius 1 is 1.21 bits per heavy atom. The van der Waals surface area contributed by atoms with E-state index in [1.165, 1.54) is 5.69 Å². The molecule has 2 aliphatic heterocycles. The van der Waals surface area contributed by atoms with Crippen molar-refractivity contribution in [2.75, 3.05) is 24.5 Å². The number of piperidine rings is 1. The van der Waals surface area contributed by atoms with Crippen LogP contribution in [0.3, 0.4) is 0 Å². The molecule has 0 spiro atoms. The van der Waals surface area contributed by atoms with Gasteiger partial charge in [-0.25, -0.2) is 0 Å². The molecule has 0 aliphatic carbocycles. The Morgan fingerprint density at radius 2 is 1.89 bits per heavy atom. The van der Waals surface area contributed by atoms with Gasteiger partial charge in [0, 0.05) is 18.3 Å². The quantitative estimate of drug-likeness (QED) is 0.850. The first-order valence-corrected chi connectivity index (χ1v) is 7.09. The van der Waals surface area contributed by atoms with Crippen LogP contribution in [0.4, 0.5) is 5.69 Å². The zero-order valence-corrected chi connectivity index (χ0v) is 11.1. The molecule has 2 unspecified atom stereocenters. The minimum Gasteiger partial charge on any atom is -0.369 e. The lowest BCUT2D eigenvalue weighted by Crippen LogP contribution is -2.64. The van der Waals surface area contributed by atoms with Gasteiger partial charge in [0.2, 0.25) is 5.91 Å². The van der Waals surface area contributed by atoms with E-state index in [1.54, 1.807) is 0 Å². The number of para-hydroxylation sites is 1. The molecule has 3 rings (SSSR count). The lowest BCUT2D eigenvalue weighted by Gasteiger charge is -2.52. The van der Waals surface area contributed by atoms with E-state index in [4.69, 9.17) is 5.73 Å². The van der Waals surface area contributed by atoms with Crippen molar-refractivity contribution in [1.29, 1.82) is 0 Å². The lowest BCUT2D eigenvalue weighted by atomic mass is 9.75. The van der Waals surface area contributed by atoms with E-state index in [-0.39, 0.29) is 11.8 Å². The molecule has 1 amide bonds. The molecule has 2 heterocycles. The van der Waals surface area contributed by atoms with Crippen LogP contribution in [0.25, 0.3) is 0 Å². The third-order valence-electron chi connectivity index (χ3n) is 4.49. The van der Waals surface area contributed by atoms with Crippen LogP contribution in [0.1, 0.15) is 12.8 Å². The largest absolute Gasteiger partial charge is 0.369 e. The highest BCUT2D eigenvalue weighted by Crippen LogP contribution is 2.38. The van der Waals surface area contributed by atoms with Gasteiger partial charge < -0.3 is 16.0 Å². The Hall–Kier alpha value is -1.55. The molecule has 2 fully saturated rings. The van der Waals surface area contributed by atoms with Gasteiger partial charge in [0.05, 0.1) is 5.92 Å². The van der Waals surface area contributed by atoms with Crippen molar-refractivity contribution in [1.82, 2.24) is 5.32 Å². The highest BCUT2D eigenvalue weighted by Gasteiger charge is 2.46. The average molecular weight is 259 g/mol. The van der Waals surface area contributed by atoms with Crippen molar-refractivity contribution in [3.63, 3.8) is 0 Å². The monoisotopic (exact) mass is 259 g/mol. The predicted molar refractivity (Wildman–Crippen MR) is 75.9 cm³/mol. The molecule has 1 aromatic rings. The third-order valence-corrected chi connectivity index (χ3v) is 4.49. The molecule has 4 heteroatoms. The summed E-state index contributed by atoms with van der Waals surface area (Å²) < 4.78 is 0. The maximum Gasteiger partial charge on any atom is 0.224 e. The van der Waals surface area contributed by atoms with Crippen molar-refractivity contribution >= 4 is 11.6 Å². The summed E-state index contributed by atoms with van der Waals surface area (Å²) in [6, 6.07) is 10.6. The molecule has 0 saturated carbocycles. The zero-order chi connectivity index (χ0) is 13.2. The molecular weight excluding hydrogens is 238 g/mol. The van der Waals surface area contributed by atoms with Crippen molar-refractivity contribution in [2.45, 2.75) is 18.9 Å².